The van der Waals surface area contributed by atoms with Crippen molar-refractivity contribution < 1.29 is 9.53 Å². The van der Waals surface area contributed by atoms with Crippen LogP contribution in [0.3, 0.4) is 0 Å². The van der Waals surface area contributed by atoms with Crippen molar-refractivity contribution in [2.24, 2.45) is 5.92 Å². The molecule has 2 fully saturated rings. The highest BCUT2D eigenvalue weighted by Crippen LogP contribution is 2.21. The number of aromatic amines is 1. The fourth-order valence-corrected chi connectivity index (χ4v) is 3.51. The Morgan fingerprint density at radius 3 is 2.79 bits per heavy atom. The summed E-state index contributed by atoms with van der Waals surface area (Å²) >= 11 is 0. The Morgan fingerprint density at radius 2 is 2.04 bits per heavy atom. The molecule has 7 nitrogen and oxygen atoms in total. The molecule has 0 unspecified atom stereocenters. The topological polar surface area (TPSA) is 74.3 Å². The van der Waals surface area contributed by atoms with E-state index in [9.17, 15) is 4.79 Å². The van der Waals surface area contributed by atoms with Gasteiger partial charge < -0.3 is 9.64 Å². The summed E-state index contributed by atoms with van der Waals surface area (Å²) in [5.41, 5.74) is 1.63. The number of nitrogens with zero attached hydrogens (tertiary/aromatic N) is 4. The van der Waals surface area contributed by atoms with E-state index in [1.54, 1.807) is 0 Å². The highest BCUT2D eigenvalue weighted by Gasteiger charge is 2.33. The highest BCUT2D eigenvalue weighted by atomic mass is 16.5. The summed E-state index contributed by atoms with van der Waals surface area (Å²) in [4.78, 5) is 21.3. The molecule has 2 aliphatic heterocycles. The van der Waals surface area contributed by atoms with E-state index in [4.69, 9.17) is 4.74 Å². The zero-order chi connectivity index (χ0) is 16.5. The second-order valence-corrected chi connectivity index (χ2v) is 6.62. The van der Waals surface area contributed by atoms with Crippen LogP contribution in [0.15, 0.2) is 30.6 Å². The summed E-state index contributed by atoms with van der Waals surface area (Å²) in [5.74, 6) is 1.17. The maximum Gasteiger partial charge on any atom is 0.253 e. The van der Waals surface area contributed by atoms with E-state index in [2.05, 4.69) is 27.1 Å². The predicted octanol–water partition coefficient (Wildman–Crippen LogP) is 0.874. The molecular formula is C17H21N5O2. The SMILES string of the molecule is CN1C[C@H]2COC[C@@H]1CN(C(=O)c1ccc(-c3ncn[nH]3)cc1)C2. The minimum Gasteiger partial charge on any atom is -0.379 e. The average molecular weight is 327 g/mol. The number of hydrogen-bond donors (Lipinski definition) is 1. The molecule has 0 aliphatic carbocycles. The van der Waals surface area contributed by atoms with E-state index in [0.717, 1.165) is 31.8 Å². The number of ether oxygens (including phenoxy) is 1. The molecule has 7 heteroatoms. The molecule has 1 aromatic heterocycles. The smallest absolute Gasteiger partial charge is 0.253 e. The molecule has 1 N–H and O–H groups in total. The number of amides is 1. The molecule has 0 radical (unpaired) electrons. The quantitative estimate of drug-likeness (QED) is 0.886. The lowest BCUT2D eigenvalue weighted by molar-refractivity contribution is 0.0434. The predicted molar refractivity (Wildman–Crippen MR) is 88.4 cm³/mol. The van der Waals surface area contributed by atoms with Gasteiger partial charge in [0.25, 0.3) is 5.91 Å². The molecule has 4 rings (SSSR count). The molecule has 2 aromatic rings. The Morgan fingerprint density at radius 1 is 1.21 bits per heavy atom. The van der Waals surface area contributed by atoms with Gasteiger partial charge in [-0.3, -0.25) is 14.8 Å². The first-order valence-electron chi connectivity index (χ1n) is 8.24. The summed E-state index contributed by atoms with van der Waals surface area (Å²) < 4.78 is 5.73. The monoisotopic (exact) mass is 327 g/mol. The first kappa shape index (κ1) is 15.3. The second-order valence-electron chi connectivity index (χ2n) is 6.62. The molecule has 2 aliphatic rings. The van der Waals surface area contributed by atoms with Gasteiger partial charge in [-0.05, 0) is 19.2 Å². The normalized spacial score (nSPS) is 24.6. The Labute approximate surface area is 140 Å². The maximum atomic E-state index is 12.9. The van der Waals surface area contributed by atoms with Crippen LogP contribution in [0.5, 0.6) is 0 Å². The maximum absolute atomic E-state index is 12.9. The van der Waals surface area contributed by atoms with Gasteiger partial charge in [-0.15, -0.1) is 0 Å². The van der Waals surface area contributed by atoms with Gasteiger partial charge in [0, 0.05) is 36.7 Å². The fourth-order valence-electron chi connectivity index (χ4n) is 3.51. The number of carbonyl (C=O) groups excluding carboxylic acids is 1. The lowest BCUT2D eigenvalue weighted by Crippen LogP contribution is -2.44. The van der Waals surface area contributed by atoms with Gasteiger partial charge in [-0.1, -0.05) is 12.1 Å². The number of hydrogen-bond acceptors (Lipinski definition) is 5. The Bertz CT molecular complexity index is 700. The van der Waals surface area contributed by atoms with Crippen molar-refractivity contribution in [3.63, 3.8) is 0 Å². The summed E-state index contributed by atoms with van der Waals surface area (Å²) in [7, 11) is 2.12. The van der Waals surface area contributed by atoms with Crippen LogP contribution in [-0.2, 0) is 4.74 Å². The first-order chi connectivity index (χ1) is 11.7. The number of benzene rings is 1. The molecule has 2 atom stereocenters. The summed E-state index contributed by atoms with van der Waals surface area (Å²) in [5, 5.41) is 6.68. The van der Waals surface area contributed by atoms with Crippen molar-refractivity contribution >= 4 is 5.91 Å². The van der Waals surface area contributed by atoms with Crippen molar-refractivity contribution in [1.82, 2.24) is 25.0 Å². The van der Waals surface area contributed by atoms with E-state index >= 15 is 0 Å². The largest absolute Gasteiger partial charge is 0.379 e. The van der Waals surface area contributed by atoms with Crippen molar-refractivity contribution in [2.45, 2.75) is 6.04 Å². The van der Waals surface area contributed by atoms with Crippen LogP contribution >= 0.6 is 0 Å². The van der Waals surface area contributed by atoms with Gasteiger partial charge in [0.05, 0.1) is 19.3 Å². The third kappa shape index (κ3) is 2.92. The minimum absolute atomic E-state index is 0.0892. The first-order valence-corrected chi connectivity index (χ1v) is 8.24. The number of nitrogens with one attached hydrogen (secondary N) is 1. The Kier molecular flexibility index (Phi) is 4.03. The number of fused-ring (bicyclic) bond motifs is 3. The van der Waals surface area contributed by atoms with Gasteiger partial charge in [-0.25, -0.2) is 4.98 Å². The van der Waals surface area contributed by atoms with Crippen LogP contribution in [0.25, 0.3) is 11.4 Å². The van der Waals surface area contributed by atoms with Gasteiger partial charge >= 0.3 is 0 Å². The summed E-state index contributed by atoms with van der Waals surface area (Å²) in [6, 6.07) is 7.81. The van der Waals surface area contributed by atoms with E-state index in [1.165, 1.54) is 6.33 Å². The molecule has 1 amide bonds. The van der Waals surface area contributed by atoms with Crippen LogP contribution < -0.4 is 0 Å². The third-order valence-electron chi connectivity index (χ3n) is 4.85. The van der Waals surface area contributed by atoms with Crippen LogP contribution in [0, 0.1) is 5.92 Å². The zero-order valence-corrected chi connectivity index (χ0v) is 13.7. The van der Waals surface area contributed by atoms with Crippen molar-refractivity contribution in [1.29, 1.82) is 0 Å². The van der Waals surface area contributed by atoms with Gasteiger partial charge in [0.15, 0.2) is 5.82 Å². The lowest BCUT2D eigenvalue weighted by atomic mass is 10.1. The van der Waals surface area contributed by atoms with Crippen LogP contribution in [0.2, 0.25) is 0 Å². The third-order valence-corrected chi connectivity index (χ3v) is 4.85. The van der Waals surface area contributed by atoms with Crippen molar-refractivity contribution in [3.05, 3.63) is 36.2 Å². The summed E-state index contributed by atoms with van der Waals surface area (Å²) in [6.45, 7) is 3.88. The number of rotatable bonds is 2. The number of carbonyl (C=O) groups is 1. The summed E-state index contributed by atoms with van der Waals surface area (Å²) in [6.07, 6.45) is 1.48. The second kappa shape index (κ2) is 6.33. The van der Waals surface area contributed by atoms with Crippen molar-refractivity contribution in [3.8, 4) is 11.4 Å². The molecular weight excluding hydrogens is 306 g/mol. The molecule has 0 saturated carbocycles. The number of aromatic nitrogens is 3. The molecule has 0 spiro atoms. The molecule has 1 aromatic carbocycles. The average Bonchev–Trinajstić information content (AvgIpc) is 3.00. The molecule has 2 bridgehead atoms. The standard InChI is InChI=1S/C17H21N5O2/c1-21-6-12-7-22(8-15(21)10-24-9-12)17(23)14-4-2-13(3-5-14)16-18-11-19-20-16/h2-5,11-12,15H,6-10H2,1H3,(H,18,19,20)/t12-,15+/m1/s1. The van der Waals surface area contributed by atoms with Gasteiger partial charge in [-0.2, -0.15) is 5.10 Å². The van der Waals surface area contributed by atoms with Gasteiger partial charge in [0.1, 0.15) is 6.33 Å². The van der Waals surface area contributed by atoms with E-state index in [0.29, 0.717) is 23.9 Å². The van der Waals surface area contributed by atoms with E-state index in [-0.39, 0.29) is 11.9 Å². The molecule has 24 heavy (non-hydrogen) atoms. The fraction of sp³-hybridized carbons (Fsp3) is 0.471. The highest BCUT2D eigenvalue weighted by molar-refractivity contribution is 5.94. The minimum atomic E-state index is 0.0892. The van der Waals surface area contributed by atoms with Crippen LogP contribution in [0.4, 0.5) is 0 Å². The lowest BCUT2D eigenvalue weighted by Gasteiger charge is -2.29. The zero-order valence-electron chi connectivity index (χ0n) is 13.7. The molecule has 126 valence electrons. The van der Waals surface area contributed by atoms with Crippen molar-refractivity contribution in [2.75, 3.05) is 39.9 Å². The van der Waals surface area contributed by atoms with Gasteiger partial charge in [0.2, 0.25) is 0 Å². The van der Waals surface area contributed by atoms with E-state index in [1.807, 2.05) is 29.2 Å². The Hall–Kier alpha value is -2.25. The Balaban J connectivity index is 1.53. The molecule has 3 heterocycles. The molecule has 2 saturated heterocycles. The number of likely N-dealkylation sites (N-methyl/N-ethyl adjacent to an activating group) is 1. The number of H-pyrrole nitrogens is 1. The van der Waals surface area contributed by atoms with Crippen LogP contribution in [0.1, 0.15) is 10.4 Å². The van der Waals surface area contributed by atoms with E-state index < -0.39 is 0 Å². The van der Waals surface area contributed by atoms with Crippen LogP contribution in [-0.4, -0.2) is 76.8 Å².